The fourth-order valence-corrected chi connectivity index (χ4v) is 2.74. The van der Waals surface area contributed by atoms with E-state index >= 15 is 0 Å². The first kappa shape index (κ1) is 17.2. The third-order valence-corrected chi connectivity index (χ3v) is 4.22. The number of hydrogen-bond acceptors (Lipinski definition) is 1. The van der Waals surface area contributed by atoms with Crippen LogP contribution in [0.15, 0.2) is 24.3 Å². The lowest BCUT2D eigenvalue weighted by Gasteiger charge is -2.12. The topological polar surface area (TPSA) is 26.0 Å². The zero-order valence-electron chi connectivity index (χ0n) is 13.5. The smallest absolute Gasteiger partial charge is 0.00419 e. The highest BCUT2D eigenvalue weighted by Crippen LogP contribution is 2.14. The number of rotatable bonds is 11. The summed E-state index contributed by atoms with van der Waals surface area (Å²) in [6.07, 6.45) is 13.1. The summed E-state index contributed by atoms with van der Waals surface area (Å²) in [7, 11) is 0. The highest BCUT2D eigenvalue weighted by atomic mass is 14.6. The van der Waals surface area contributed by atoms with Gasteiger partial charge in [-0.3, -0.25) is 0 Å². The van der Waals surface area contributed by atoms with Crippen molar-refractivity contribution in [3.8, 4) is 0 Å². The quantitative estimate of drug-likeness (QED) is 0.538. The van der Waals surface area contributed by atoms with Gasteiger partial charge in [-0.25, -0.2) is 0 Å². The van der Waals surface area contributed by atoms with Crippen LogP contribution >= 0.6 is 0 Å². The van der Waals surface area contributed by atoms with Crippen LogP contribution in [0.1, 0.15) is 75.8 Å². The summed E-state index contributed by atoms with van der Waals surface area (Å²) in [5, 5.41) is 0. The van der Waals surface area contributed by atoms with Crippen molar-refractivity contribution in [3.63, 3.8) is 0 Å². The molecule has 0 aliphatic rings. The molecular weight excluding hydrogens is 242 g/mol. The van der Waals surface area contributed by atoms with Gasteiger partial charge in [-0.05, 0) is 37.3 Å². The lowest BCUT2D eigenvalue weighted by atomic mass is 9.98. The summed E-state index contributed by atoms with van der Waals surface area (Å²) in [4.78, 5) is 0. The lowest BCUT2D eigenvalue weighted by molar-refractivity contribution is 0.509. The van der Waals surface area contributed by atoms with Crippen molar-refractivity contribution < 1.29 is 0 Å². The van der Waals surface area contributed by atoms with Crippen LogP contribution in [-0.2, 0) is 6.42 Å². The summed E-state index contributed by atoms with van der Waals surface area (Å²) >= 11 is 0. The molecule has 0 bridgehead atoms. The first-order valence-corrected chi connectivity index (χ1v) is 8.54. The fraction of sp³-hybridized carbons (Fsp3) is 0.684. The largest absolute Gasteiger partial charge is 0.328 e. The van der Waals surface area contributed by atoms with Gasteiger partial charge >= 0.3 is 0 Å². The predicted octanol–water partition coefficient (Wildman–Crippen LogP) is 5.40. The molecule has 2 N–H and O–H groups in total. The van der Waals surface area contributed by atoms with Gasteiger partial charge in [-0.15, -0.1) is 0 Å². The average molecular weight is 275 g/mol. The van der Waals surface area contributed by atoms with E-state index in [9.17, 15) is 0 Å². The van der Waals surface area contributed by atoms with Gasteiger partial charge in [-0.1, -0.05) is 76.1 Å². The standard InChI is InChI=1S/C19H33N/c1-3-4-5-6-7-8-9-14-19(20)16-15-18-13-11-10-12-17(18)2/h10-13,19H,3-9,14-16,20H2,1-2H3. The summed E-state index contributed by atoms with van der Waals surface area (Å²) in [6, 6.07) is 9.04. The number of benzene rings is 1. The molecule has 0 aliphatic heterocycles. The molecule has 1 aromatic rings. The van der Waals surface area contributed by atoms with Crippen LogP contribution in [0.3, 0.4) is 0 Å². The molecule has 0 fully saturated rings. The average Bonchev–Trinajstić information content (AvgIpc) is 2.45. The molecule has 20 heavy (non-hydrogen) atoms. The Balaban J connectivity index is 2.03. The molecule has 0 saturated carbocycles. The molecule has 0 aliphatic carbocycles. The minimum Gasteiger partial charge on any atom is -0.328 e. The Morgan fingerprint density at radius 2 is 1.55 bits per heavy atom. The van der Waals surface area contributed by atoms with Crippen LogP contribution in [-0.4, -0.2) is 6.04 Å². The Bertz CT molecular complexity index is 345. The Kier molecular flexibility index (Phi) is 9.40. The summed E-state index contributed by atoms with van der Waals surface area (Å²) in [6.45, 7) is 4.46. The molecule has 0 amide bonds. The molecule has 1 unspecified atom stereocenters. The van der Waals surface area contributed by atoms with E-state index in [2.05, 4.69) is 38.1 Å². The van der Waals surface area contributed by atoms with E-state index in [1.165, 1.54) is 62.5 Å². The maximum atomic E-state index is 6.23. The van der Waals surface area contributed by atoms with E-state index in [1.54, 1.807) is 0 Å². The van der Waals surface area contributed by atoms with E-state index in [1.807, 2.05) is 0 Å². The lowest BCUT2D eigenvalue weighted by Crippen LogP contribution is -2.20. The molecule has 0 saturated heterocycles. The van der Waals surface area contributed by atoms with Gasteiger partial charge in [0.1, 0.15) is 0 Å². The normalized spacial score (nSPS) is 12.6. The van der Waals surface area contributed by atoms with Crippen LogP contribution in [0.2, 0.25) is 0 Å². The number of unbranched alkanes of at least 4 members (excludes halogenated alkanes) is 6. The van der Waals surface area contributed by atoms with E-state index in [-0.39, 0.29) is 0 Å². The molecule has 1 atom stereocenters. The summed E-state index contributed by atoms with van der Waals surface area (Å²) in [5.74, 6) is 0. The van der Waals surface area contributed by atoms with E-state index in [4.69, 9.17) is 5.73 Å². The van der Waals surface area contributed by atoms with Crippen molar-refractivity contribution in [2.75, 3.05) is 0 Å². The van der Waals surface area contributed by atoms with E-state index in [0.29, 0.717) is 6.04 Å². The van der Waals surface area contributed by atoms with E-state index in [0.717, 1.165) is 12.8 Å². The first-order chi connectivity index (χ1) is 9.74. The molecule has 1 nitrogen and oxygen atoms in total. The third kappa shape index (κ3) is 7.69. The number of nitrogens with two attached hydrogens (primary N) is 1. The van der Waals surface area contributed by atoms with Crippen molar-refractivity contribution in [2.24, 2.45) is 5.73 Å². The molecule has 0 radical (unpaired) electrons. The van der Waals surface area contributed by atoms with Gasteiger partial charge < -0.3 is 5.73 Å². The maximum absolute atomic E-state index is 6.23. The zero-order chi connectivity index (χ0) is 14.6. The second-order valence-electron chi connectivity index (χ2n) is 6.14. The second kappa shape index (κ2) is 10.9. The summed E-state index contributed by atoms with van der Waals surface area (Å²) in [5.41, 5.74) is 9.09. The van der Waals surface area contributed by atoms with Crippen molar-refractivity contribution in [1.29, 1.82) is 0 Å². The van der Waals surface area contributed by atoms with Crippen LogP contribution in [0.5, 0.6) is 0 Å². The van der Waals surface area contributed by atoms with Gasteiger partial charge in [0.05, 0.1) is 0 Å². The van der Waals surface area contributed by atoms with Gasteiger partial charge in [0.25, 0.3) is 0 Å². The molecule has 0 aromatic heterocycles. The third-order valence-electron chi connectivity index (χ3n) is 4.22. The molecule has 1 heteroatoms. The molecular formula is C19H33N. The molecule has 0 spiro atoms. The molecule has 114 valence electrons. The van der Waals surface area contributed by atoms with E-state index < -0.39 is 0 Å². The Labute approximate surface area is 126 Å². The highest BCUT2D eigenvalue weighted by molar-refractivity contribution is 5.25. The van der Waals surface area contributed by atoms with Crippen LogP contribution in [0, 0.1) is 6.92 Å². The minimum atomic E-state index is 0.380. The van der Waals surface area contributed by atoms with Gasteiger partial charge in [-0.2, -0.15) is 0 Å². The number of hydrogen-bond donors (Lipinski definition) is 1. The molecule has 1 rings (SSSR count). The Morgan fingerprint density at radius 1 is 0.900 bits per heavy atom. The Hall–Kier alpha value is -0.820. The van der Waals surface area contributed by atoms with Crippen LogP contribution < -0.4 is 5.73 Å². The van der Waals surface area contributed by atoms with Crippen molar-refractivity contribution in [3.05, 3.63) is 35.4 Å². The van der Waals surface area contributed by atoms with Gasteiger partial charge in [0, 0.05) is 6.04 Å². The van der Waals surface area contributed by atoms with Crippen molar-refractivity contribution >= 4 is 0 Å². The second-order valence-corrected chi connectivity index (χ2v) is 6.14. The van der Waals surface area contributed by atoms with Gasteiger partial charge in [0.15, 0.2) is 0 Å². The Morgan fingerprint density at radius 3 is 2.25 bits per heavy atom. The molecule has 1 aromatic carbocycles. The molecule has 0 heterocycles. The van der Waals surface area contributed by atoms with Gasteiger partial charge in [0.2, 0.25) is 0 Å². The monoisotopic (exact) mass is 275 g/mol. The predicted molar refractivity (Wildman–Crippen MR) is 90.1 cm³/mol. The minimum absolute atomic E-state index is 0.380. The first-order valence-electron chi connectivity index (χ1n) is 8.54. The summed E-state index contributed by atoms with van der Waals surface area (Å²) < 4.78 is 0. The van der Waals surface area contributed by atoms with Crippen molar-refractivity contribution in [1.82, 2.24) is 0 Å². The van der Waals surface area contributed by atoms with Crippen molar-refractivity contribution in [2.45, 2.75) is 84.1 Å². The maximum Gasteiger partial charge on any atom is 0.00419 e. The van der Waals surface area contributed by atoms with Crippen LogP contribution in [0.4, 0.5) is 0 Å². The number of aryl methyl sites for hydroxylation is 2. The SMILES string of the molecule is CCCCCCCCCC(N)CCc1ccccc1C. The highest BCUT2D eigenvalue weighted by Gasteiger charge is 2.04. The fourth-order valence-electron chi connectivity index (χ4n) is 2.74. The van der Waals surface area contributed by atoms with Crippen LogP contribution in [0.25, 0.3) is 0 Å². The zero-order valence-corrected chi connectivity index (χ0v) is 13.5.